The van der Waals surface area contributed by atoms with Gasteiger partial charge in [0.15, 0.2) is 11.6 Å². The molecule has 0 heterocycles. The van der Waals surface area contributed by atoms with Crippen molar-refractivity contribution in [2.24, 2.45) is 28.6 Å². The zero-order valence-corrected chi connectivity index (χ0v) is 14.7. The van der Waals surface area contributed by atoms with Crippen LogP contribution >= 0.6 is 0 Å². The third kappa shape index (κ3) is 1.93. The molecule has 0 N–H and O–H groups in total. The number of carbonyl (C=O) groups is 2. The van der Waals surface area contributed by atoms with Crippen molar-refractivity contribution in [2.45, 2.75) is 65.7 Å². The Morgan fingerprint density at radius 2 is 1.83 bits per heavy atom. The summed E-state index contributed by atoms with van der Waals surface area (Å²) in [4.78, 5) is 24.4. The second-order valence-corrected chi connectivity index (χ2v) is 8.75. The molecule has 0 spiro atoms. The average molecular weight is 312 g/mol. The van der Waals surface area contributed by atoms with Crippen molar-refractivity contribution in [1.29, 1.82) is 0 Å². The van der Waals surface area contributed by atoms with Gasteiger partial charge in [0.25, 0.3) is 0 Å². The van der Waals surface area contributed by atoms with Crippen LogP contribution in [0.5, 0.6) is 0 Å². The van der Waals surface area contributed by atoms with E-state index in [1.807, 2.05) is 13.0 Å². The summed E-state index contributed by atoms with van der Waals surface area (Å²) in [6, 6.07) is 0. The van der Waals surface area contributed by atoms with E-state index >= 15 is 0 Å². The van der Waals surface area contributed by atoms with E-state index in [2.05, 4.69) is 19.9 Å². The van der Waals surface area contributed by atoms with Crippen molar-refractivity contribution in [3.63, 3.8) is 0 Å². The maximum atomic E-state index is 12.5. The summed E-state index contributed by atoms with van der Waals surface area (Å²) in [5.41, 5.74) is 2.83. The normalized spacial score (nSPS) is 47.9. The summed E-state index contributed by atoms with van der Waals surface area (Å²) >= 11 is 0. The predicted octanol–water partition coefficient (Wildman–Crippen LogP) is 4.64. The van der Waals surface area contributed by atoms with E-state index in [9.17, 15) is 9.59 Å². The first-order valence-corrected chi connectivity index (χ1v) is 9.34. The lowest BCUT2D eigenvalue weighted by Gasteiger charge is -2.57. The Hall–Kier alpha value is -1.18. The molecule has 4 aliphatic rings. The molecule has 0 bridgehead atoms. The van der Waals surface area contributed by atoms with Crippen molar-refractivity contribution >= 4 is 11.6 Å². The maximum Gasteiger partial charge on any atom is 0.159 e. The summed E-state index contributed by atoms with van der Waals surface area (Å²) in [7, 11) is 0. The molecule has 3 unspecified atom stereocenters. The van der Waals surface area contributed by atoms with Crippen molar-refractivity contribution in [2.75, 3.05) is 0 Å². The lowest BCUT2D eigenvalue weighted by Crippen LogP contribution is -2.49. The minimum atomic E-state index is 0.106. The number of ketones is 2. The molecule has 3 saturated carbocycles. The molecule has 4 rings (SSSR count). The van der Waals surface area contributed by atoms with Gasteiger partial charge in [-0.25, -0.2) is 0 Å². The minimum Gasteiger partial charge on any atom is -0.295 e. The van der Waals surface area contributed by atoms with Gasteiger partial charge in [-0.2, -0.15) is 0 Å². The Kier molecular flexibility index (Phi) is 3.28. The number of hydrogen-bond donors (Lipinski definition) is 0. The second-order valence-electron chi connectivity index (χ2n) is 8.75. The molecule has 4 aliphatic carbocycles. The fourth-order valence-corrected chi connectivity index (χ4v) is 6.71. The number of allylic oxidation sites excluding steroid dienone is 3. The molecular weight excluding hydrogens is 284 g/mol. The molecule has 0 aromatic heterocycles. The van der Waals surface area contributed by atoms with Crippen LogP contribution in [0.1, 0.15) is 65.7 Å². The highest BCUT2D eigenvalue weighted by Crippen LogP contribution is 2.65. The summed E-state index contributed by atoms with van der Waals surface area (Å²) in [6.07, 6.45) is 11.1. The third-order valence-corrected chi connectivity index (χ3v) is 7.96. The molecule has 0 saturated heterocycles. The van der Waals surface area contributed by atoms with Crippen LogP contribution in [-0.4, -0.2) is 11.6 Å². The van der Waals surface area contributed by atoms with Crippen LogP contribution in [0, 0.1) is 28.6 Å². The molecular formula is C21H28O2. The molecule has 2 nitrogen and oxygen atoms in total. The molecule has 2 heteroatoms. The monoisotopic (exact) mass is 312 g/mol. The first-order chi connectivity index (χ1) is 10.9. The number of carbonyl (C=O) groups excluding carboxylic acids is 2. The highest BCUT2D eigenvalue weighted by atomic mass is 16.1. The van der Waals surface area contributed by atoms with E-state index < -0.39 is 0 Å². The van der Waals surface area contributed by atoms with Gasteiger partial charge < -0.3 is 0 Å². The largest absolute Gasteiger partial charge is 0.295 e. The summed E-state index contributed by atoms with van der Waals surface area (Å²) in [6.45, 7) is 6.77. The first kappa shape index (κ1) is 15.4. The fraction of sp³-hybridized carbons (Fsp3) is 0.714. The smallest absolute Gasteiger partial charge is 0.159 e. The van der Waals surface area contributed by atoms with E-state index in [0.29, 0.717) is 35.7 Å². The lowest BCUT2D eigenvalue weighted by atomic mass is 9.47. The van der Waals surface area contributed by atoms with Crippen molar-refractivity contribution in [3.05, 3.63) is 23.3 Å². The molecule has 3 fully saturated rings. The minimum absolute atomic E-state index is 0.106. The molecule has 0 aromatic carbocycles. The highest BCUT2D eigenvalue weighted by Gasteiger charge is 2.59. The van der Waals surface area contributed by atoms with E-state index in [4.69, 9.17) is 0 Å². The molecule has 5 atom stereocenters. The van der Waals surface area contributed by atoms with Gasteiger partial charge in [0, 0.05) is 12.8 Å². The Morgan fingerprint density at radius 3 is 2.57 bits per heavy atom. The molecule has 0 amide bonds. The van der Waals surface area contributed by atoms with Gasteiger partial charge >= 0.3 is 0 Å². The Balaban J connectivity index is 1.72. The van der Waals surface area contributed by atoms with Crippen molar-refractivity contribution in [3.8, 4) is 0 Å². The average Bonchev–Trinajstić information content (AvgIpc) is 2.77. The highest BCUT2D eigenvalue weighted by molar-refractivity contribution is 5.99. The molecule has 23 heavy (non-hydrogen) atoms. The summed E-state index contributed by atoms with van der Waals surface area (Å²) in [5, 5.41) is 0. The van der Waals surface area contributed by atoms with Crippen molar-refractivity contribution in [1.82, 2.24) is 0 Å². The Labute approximate surface area is 139 Å². The maximum absolute atomic E-state index is 12.5. The van der Waals surface area contributed by atoms with E-state index in [0.717, 1.165) is 31.3 Å². The Bertz CT molecular complexity index is 640. The topological polar surface area (TPSA) is 34.1 Å². The molecule has 0 aromatic rings. The van der Waals surface area contributed by atoms with Crippen LogP contribution in [-0.2, 0) is 9.59 Å². The number of Topliss-reactive ketones (excluding diaryl/α,β-unsaturated/α-hetero) is 1. The second kappa shape index (κ2) is 4.91. The van der Waals surface area contributed by atoms with Gasteiger partial charge in [-0.3, -0.25) is 9.59 Å². The molecule has 124 valence electrons. The van der Waals surface area contributed by atoms with Gasteiger partial charge in [-0.1, -0.05) is 25.5 Å². The lowest BCUT2D eigenvalue weighted by molar-refractivity contribution is -0.117. The van der Waals surface area contributed by atoms with Crippen LogP contribution in [0.3, 0.4) is 0 Å². The zero-order chi connectivity index (χ0) is 16.4. The van der Waals surface area contributed by atoms with Gasteiger partial charge in [-0.15, -0.1) is 0 Å². The van der Waals surface area contributed by atoms with Crippen LogP contribution in [0.15, 0.2) is 23.3 Å². The molecule has 0 radical (unpaired) electrons. The van der Waals surface area contributed by atoms with Crippen LogP contribution < -0.4 is 0 Å². The van der Waals surface area contributed by atoms with Gasteiger partial charge in [0.2, 0.25) is 0 Å². The number of rotatable bonds is 0. The van der Waals surface area contributed by atoms with Gasteiger partial charge in [0.05, 0.1) is 0 Å². The Morgan fingerprint density at radius 1 is 1.04 bits per heavy atom. The number of hydrogen-bond acceptors (Lipinski definition) is 2. The van der Waals surface area contributed by atoms with E-state index in [1.165, 1.54) is 18.4 Å². The van der Waals surface area contributed by atoms with Gasteiger partial charge in [-0.05, 0) is 79.3 Å². The quantitative estimate of drug-likeness (QED) is 0.610. The van der Waals surface area contributed by atoms with Gasteiger partial charge in [0.1, 0.15) is 0 Å². The van der Waals surface area contributed by atoms with E-state index in [1.54, 1.807) is 0 Å². The fourth-order valence-electron chi connectivity index (χ4n) is 6.71. The third-order valence-electron chi connectivity index (χ3n) is 7.96. The summed E-state index contributed by atoms with van der Waals surface area (Å²) in [5.74, 6) is 2.56. The standard InChI is InChI=1S/C21H28O2/c1-4-16-19(23)12-18-15-6-5-13-11-14(22)7-9-20(13,2)17(15)8-10-21(16,18)3/h4,11,15,17-18H,5-10,12H2,1-3H3/b16-4+/t15?,17?,18?,20-,21+/m1/s1. The SMILES string of the molecule is C/C=C1\C(=O)CC2C3CCC4=CC(=O)CC[C@@]4(C)C3CC[C@@]12C. The predicted molar refractivity (Wildman–Crippen MR) is 90.9 cm³/mol. The summed E-state index contributed by atoms with van der Waals surface area (Å²) < 4.78 is 0. The molecule has 0 aliphatic heterocycles. The zero-order valence-electron chi connectivity index (χ0n) is 14.7. The van der Waals surface area contributed by atoms with E-state index in [-0.39, 0.29) is 10.8 Å². The van der Waals surface area contributed by atoms with Crippen LogP contribution in [0.2, 0.25) is 0 Å². The van der Waals surface area contributed by atoms with Crippen LogP contribution in [0.25, 0.3) is 0 Å². The van der Waals surface area contributed by atoms with Crippen molar-refractivity contribution < 1.29 is 9.59 Å². The first-order valence-electron chi connectivity index (χ1n) is 9.34. The van der Waals surface area contributed by atoms with Crippen LogP contribution in [0.4, 0.5) is 0 Å². The number of fused-ring (bicyclic) bond motifs is 5.